The minimum absolute atomic E-state index is 0.157. The van der Waals surface area contributed by atoms with Gasteiger partial charge in [-0.15, -0.1) is 0 Å². The third-order valence-electron chi connectivity index (χ3n) is 2.52. The lowest BCUT2D eigenvalue weighted by Gasteiger charge is -2.06. The van der Waals surface area contributed by atoms with Gasteiger partial charge in [0.2, 0.25) is 0 Å². The fourth-order valence-corrected chi connectivity index (χ4v) is 1.57. The molecule has 1 heterocycles. The Kier molecular flexibility index (Phi) is 4.32. The first kappa shape index (κ1) is 13.6. The van der Waals surface area contributed by atoms with Crippen LogP contribution in [0.3, 0.4) is 0 Å². The minimum Gasteiger partial charge on any atom is -0.505 e. The van der Waals surface area contributed by atoms with Gasteiger partial charge >= 0.3 is 0 Å². The summed E-state index contributed by atoms with van der Waals surface area (Å²) in [7, 11) is 0. The number of nitrogens with two attached hydrogens (primary N) is 1. The fourth-order valence-electron chi connectivity index (χ4n) is 1.57. The Hall–Kier alpha value is -2.84. The van der Waals surface area contributed by atoms with Gasteiger partial charge in [0.05, 0.1) is 18.3 Å². The normalized spacial score (nSPS) is 9.45. The van der Waals surface area contributed by atoms with E-state index in [1.54, 1.807) is 24.3 Å². The summed E-state index contributed by atoms with van der Waals surface area (Å²) in [5.41, 5.74) is 6.90. The molecule has 100 valence electrons. The van der Waals surface area contributed by atoms with Crippen LogP contribution in [0, 0.1) is 11.8 Å². The molecule has 1 amide bonds. The summed E-state index contributed by atoms with van der Waals surface area (Å²) in [5, 5.41) is 12.2. The molecule has 0 radical (unpaired) electrons. The molecule has 0 aliphatic carbocycles. The van der Waals surface area contributed by atoms with E-state index < -0.39 is 5.91 Å². The molecule has 0 bridgehead atoms. The Morgan fingerprint density at radius 1 is 1.30 bits per heavy atom. The predicted molar refractivity (Wildman–Crippen MR) is 76.2 cm³/mol. The van der Waals surface area contributed by atoms with E-state index in [1.807, 2.05) is 0 Å². The van der Waals surface area contributed by atoms with Crippen molar-refractivity contribution in [1.29, 1.82) is 0 Å². The van der Waals surface area contributed by atoms with Crippen molar-refractivity contribution in [2.24, 2.45) is 5.73 Å². The first-order valence-electron chi connectivity index (χ1n) is 5.94. The van der Waals surface area contributed by atoms with Crippen molar-refractivity contribution in [3.05, 3.63) is 53.9 Å². The summed E-state index contributed by atoms with van der Waals surface area (Å²) in [6, 6.07) is 8.48. The highest BCUT2D eigenvalue weighted by Gasteiger charge is 2.10. The molecular weight excluding hydrogens is 254 g/mol. The van der Waals surface area contributed by atoms with Gasteiger partial charge in [-0.2, -0.15) is 0 Å². The first-order chi connectivity index (χ1) is 9.70. The monoisotopic (exact) mass is 267 g/mol. The van der Waals surface area contributed by atoms with Crippen molar-refractivity contribution in [3.8, 4) is 17.6 Å². The summed E-state index contributed by atoms with van der Waals surface area (Å²) in [4.78, 5) is 15.7. The zero-order chi connectivity index (χ0) is 14.4. The van der Waals surface area contributed by atoms with Crippen LogP contribution in [0.1, 0.15) is 15.9 Å². The smallest absolute Gasteiger partial charge is 0.259 e. The lowest BCUT2D eigenvalue weighted by Crippen LogP contribution is -2.12. The second-order valence-corrected chi connectivity index (χ2v) is 3.93. The van der Waals surface area contributed by atoms with Crippen LogP contribution in [0.15, 0.2) is 42.7 Å². The number of carbonyl (C=O) groups excluding carboxylic acids is 1. The quantitative estimate of drug-likeness (QED) is 0.717. The number of pyridine rings is 1. The van der Waals surface area contributed by atoms with Crippen molar-refractivity contribution >= 4 is 11.6 Å². The van der Waals surface area contributed by atoms with E-state index in [0.717, 1.165) is 5.56 Å². The number of aromatic nitrogens is 1. The van der Waals surface area contributed by atoms with E-state index in [-0.39, 0.29) is 11.3 Å². The number of nitrogens with zero attached hydrogens (tertiary/aromatic N) is 1. The van der Waals surface area contributed by atoms with Crippen LogP contribution < -0.4 is 11.1 Å². The molecule has 5 nitrogen and oxygen atoms in total. The predicted octanol–water partition coefficient (Wildman–Crippen LogP) is 1.35. The number of hydrogen-bond acceptors (Lipinski definition) is 4. The van der Waals surface area contributed by atoms with E-state index in [1.165, 1.54) is 18.5 Å². The van der Waals surface area contributed by atoms with Gasteiger partial charge in [-0.05, 0) is 30.3 Å². The van der Waals surface area contributed by atoms with E-state index in [2.05, 4.69) is 22.1 Å². The van der Waals surface area contributed by atoms with E-state index >= 15 is 0 Å². The Balaban J connectivity index is 2.11. The van der Waals surface area contributed by atoms with Crippen molar-refractivity contribution in [3.63, 3.8) is 0 Å². The van der Waals surface area contributed by atoms with Crippen LogP contribution in [0.5, 0.6) is 5.75 Å². The van der Waals surface area contributed by atoms with Crippen molar-refractivity contribution < 1.29 is 9.90 Å². The van der Waals surface area contributed by atoms with E-state index in [9.17, 15) is 9.90 Å². The summed E-state index contributed by atoms with van der Waals surface area (Å²) in [6.45, 7) is 0.305. The van der Waals surface area contributed by atoms with Gasteiger partial charge in [0, 0.05) is 17.4 Å². The van der Waals surface area contributed by atoms with Gasteiger partial charge in [0.1, 0.15) is 5.75 Å². The van der Waals surface area contributed by atoms with Gasteiger partial charge in [-0.25, -0.2) is 0 Å². The van der Waals surface area contributed by atoms with Gasteiger partial charge in [-0.1, -0.05) is 11.8 Å². The largest absolute Gasteiger partial charge is 0.505 e. The summed E-state index contributed by atoms with van der Waals surface area (Å²) < 4.78 is 0. The van der Waals surface area contributed by atoms with Gasteiger partial charge < -0.3 is 16.2 Å². The zero-order valence-electron chi connectivity index (χ0n) is 10.6. The molecule has 2 rings (SSSR count). The molecule has 0 unspecified atom stereocenters. The number of anilines is 1. The number of rotatable bonds is 2. The zero-order valence-corrected chi connectivity index (χ0v) is 10.6. The highest BCUT2D eigenvalue weighted by atomic mass is 16.3. The second kappa shape index (κ2) is 6.36. The summed E-state index contributed by atoms with van der Waals surface area (Å²) in [6.07, 6.45) is 2.67. The molecule has 0 aliphatic rings. The molecule has 2 aromatic rings. The van der Waals surface area contributed by atoms with Crippen LogP contribution in [0.25, 0.3) is 0 Å². The number of amides is 1. The lowest BCUT2D eigenvalue weighted by molar-refractivity contribution is 0.102. The Labute approximate surface area is 116 Å². The van der Waals surface area contributed by atoms with Gasteiger partial charge in [0.15, 0.2) is 0 Å². The minimum atomic E-state index is -0.398. The number of hydrogen-bond donors (Lipinski definition) is 3. The standard InChI is InChI=1S/C15H13N3O2/c16-8-1-2-11-3-5-12(6-4-11)18-15(20)13-7-9-17-10-14(13)19/h3-7,9-10,19H,8,16H2,(H,18,20). The molecule has 1 aromatic heterocycles. The molecule has 0 saturated carbocycles. The van der Waals surface area contributed by atoms with E-state index in [4.69, 9.17) is 5.73 Å². The maximum atomic E-state index is 11.9. The molecule has 1 aromatic carbocycles. The summed E-state index contributed by atoms with van der Waals surface area (Å²) in [5.74, 6) is 5.08. The average Bonchev–Trinajstić information content (AvgIpc) is 2.47. The summed E-state index contributed by atoms with van der Waals surface area (Å²) >= 11 is 0. The molecule has 20 heavy (non-hydrogen) atoms. The van der Waals surface area contributed by atoms with Crippen molar-refractivity contribution in [2.75, 3.05) is 11.9 Å². The maximum Gasteiger partial charge on any atom is 0.259 e. The van der Waals surface area contributed by atoms with Crippen LogP contribution in [0.4, 0.5) is 5.69 Å². The molecule has 0 saturated heterocycles. The number of nitrogens with one attached hydrogen (secondary N) is 1. The van der Waals surface area contributed by atoms with Gasteiger partial charge in [-0.3, -0.25) is 9.78 Å². The fraction of sp³-hybridized carbons (Fsp3) is 0.0667. The molecule has 5 heteroatoms. The number of benzene rings is 1. The number of carbonyl (C=O) groups is 1. The lowest BCUT2D eigenvalue weighted by atomic mass is 10.2. The highest BCUT2D eigenvalue weighted by Crippen LogP contribution is 2.16. The first-order valence-corrected chi connectivity index (χ1v) is 5.94. The van der Waals surface area contributed by atoms with Crippen molar-refractivity contribution in [1.82, 2.24) is 4.98 Å². The number of aromatic hydroxyl groups is 1. The molecular formula is C15H13N3O2. The molecule has 0 aliphatic heterocycles. The Morgan fingerprint density at radius 2 is 2.05 bits per heavy atom. The molecule has 0 fully saturated rings. The van der Waals surface area contributed by atoms with E-state index in [0.29, 0.717) is 12.2 Å². The van der Waals surface area contributed by atoms with Crippen LogP contribution in [0.2, 0.25) is 0 Å². The third-order valence-corrected chi connectivity index (χ3v) is 2.52. The molecule has 0 spiro atoms. The second-order valence-electron chi connectivity index (χ2n) is 3.93. The molecule has 4 N–H and O–H groups in total. The molecule has 0 atom stereocenters. The van der Waals surface area contributed by atoms with Crippen molar-refractivity contribution in [2.45, 2.75) is 0 Å². The third kappa shape index (κ3) is 3.34. The topological polar surface area (TPSA) is 88.2 Å². The highest BCUT2D eigenvalue weighted by molar-refractivity contribution is 6.05. The van der Waals surface area contributed by atoms with Crippen LogP contribution >= 0.6 is 0 Å². The Bertz CT molecular complexity index is 670. The maximum absolute atomic E-state index is 11.9. The van der Waals surface area contributed by atoms with Gasteiger partial charge in [0.25, 0.3) is 5.91 Å². The Morgan fingerprint density at radius 3 is 2.70 bits per heavy atom. The average molecular weight is 267 g/mol. The van der Waals surface area contributed by atoms with Crippen LogP contribution in [-0.4, -0.2) is 22.5 Å². The SMILES string of the molecule is NCC#Cc1ccc(NC(=O)c2ccncc2O)cc1. The van der Waals surface area contributed by atoms with Crippen LogP contribution in [-0.2, 0) is 0 Å².